The van der Waals surface area contributed by atoms with Gasteiger partial charge in [-0.2, -0.15) is 8.78 Å². The first kappa shape index (κ1) is 18.9. The van der Waals surface area contributed by atoms with Crippen molar-refractivity contribution in [1.82, 2.24) is 0 Å². The summed E-state index contributed by atoms with van der Waals surface area (Å²) >= 11 is 0. The Morgan fingerprint density at radius 3 is 1.65 bits per heavy atom. The maximum atomic E-state index is 13.8. The van der Waals surface area contributed by atoms with Gasteiger partial charge in [-0.25, -0.2) is 17.6 Å². The summed E-state index contributed by atoms with van der Waals surface area (Å²) in [5.41, 5.74) is -1.53. The topological polar surface area (TPSA) is 9.23 Å². The highest BCUT2D eigenvalue weighted by molar-refractivity contribution is 5.30. The molecule has 0 spiro atoms. The van der Waals surface area contributed by atoms with Crippen molar-refractivity contribution in [3.05, 3.63) is 64.7 Å². The third-order valence-corrected chi connectivity index (χ3v) is 2.56. The lowest BCUT2D eigenvalue weighted by atomic mass is 10.1. The summed E-state index contributed by atoms with van der Waals surface area (Å²) in [6.07, 6.45) is -4.43. The summed E-state index contributed by atoms with van der Waals surface area (Å²) in [6, 6.07) is 2.78. The highest BCUT2D eigenvalue weighted by Gasteiger charge is 2.41. The Bertz CT molecular complexity index is 641. The molecule has 0 radical (unpaired) electrons. The standard InChI is InChI=1S/C14H8F6O.C2H6/c1-7-2-11(17)13(12(18)3-7)14(19,20)21-10-5-8(15)4-9(16)6-10;1-2/h2-6H,1H3;1-2H3. The van der Waals surface area contributed by atoms with Crippen LogP contribution in [-0.4, -0.2) is 0 Å². The summed E-state index contributed by atoms with van der Waals surface area (Å²) in [5, 5.41) is 0. The first-order valence-electron chi connectivity index (χ1n) is 6.68. The number of benzene rings is 2. The van der Waals surface area contributed by atoms with Gasteiger partial charge in [-0.05, 0) is 24.6 Å². The highest BCUT2D eigenvalue weighted by atomic mass is 19.3. The molecule has 0 bridgehead atoms. The van der Waals surface area contributed by atoms with Crippen molar-refractivity contribution in [3.63, 3.8) is 0 Å². The molecule has 0 heterocycles. The fraction of sp³-hybridized carbons (Fsp3) is 0.250. The minimum atomic E-state index is -4.43. The molecule has 126 valence electrons. The van der Waals surface area contributed by atoms with Gasteiger partial charge in [0.25, 0.3) is 0 Å². The van der Waals surface area contributed by atoms with E-state index in [4.69, 9.17) is 0 Å². The second-order valence-electron chi connectivity index (χ2n) is 4.33. The van der Waals surface area contributed by atoms with Gasteiger partial charge in [-0.3, -0.25) is 0 Å². The van der Waals surface area contributed by atoms with Crippen LogP contribution in [0.1, 0.15) is 25.0 Å². The predicted octanol–water partition coefficient (Wildman–Crippen LogP) is 5.71. The monoisotopic (exact) mass is 336 g/mol. The third-order valence-electron chi connectivity index (χ3n) is 2.56. The van der Waals surface area contributed by atoms with E-state index in [-0.39, 0.29) is 5.56 Å². The Hall–Kier alpha value is -2.18. The van der Waals surface area contributed by atoms with E-state index in [1.165, 1.54) is 6.92 Å². The summed E-state index contributed by atoms with van der Waals surface area (Å²) in [5.74, 6) is -6.25. The van der Waals surface area contributed by atoms with E-state index in [1.807, 2.05) is 13.8 Å². The maximum Gasteiger partial charge on any atom is 0.432 e. The molecule has 2 aromatic rings. The quantitative estimate of drug-likeness (QED) is 0.653. The molecule has 0 aliphatic rings. The van der Waals surface area contributed by atoms with Crippen molar-refractivity contribution in [2.45, 2.75) is 26.9 Å². The van der Waals surface area contributed by atoms with E-state index in [9.17, 15) is 26.3 Å². The fourth-order valence-electron chi connectivity index (χ4n) is 1.76. The minimum absolute atomic E-state index is 0.0985. The SMILES string of the molecule is CC.Cc1cc(F)c(C(F)(F)Oc2cc(F)cc(F)c2)c(F)c1. The van der Waals surface area contributed by atoms with Crippen LogP contribution < -0.4 is 4.74 Å². The second kappa shape index (κ2) is 7.39. The van der Waals surface area contributed by atoms with Crippen LogP contribution in [0.25, 0.3) is 0 Å². The van der Waals surface area contributed by atoms with E-state index in [2.05, 4.69) is 4.74 Å². The molecular weight excluding hydrogens is 322 g/mol. The molecule has 0 unspecified atom stereocenters. The highest BCUT2D eigenvalue weighted by Crippen LogP contribution is 2.35. The van der Waals surface area contributed by atoms with Crippen LogP contribution in [0.5, 0.6) is 5.75 Å². The van der Waals surface area contributed by atoms with Gasteiger partial charge in [0.15, 0.2) is 0 Å². The average molecular weight is 336 g/mol. The molecular formula is C16H14F6O. The van der Waals surface area contributed by atoms with Crippen LogP contribution in [0.4, 0.5) is 26.3 Å². The van der Waals surface area contributed by atoms with E-state index >= 15 is 0 Å². The molecule has 0 aliphatic carbocycles. The van der Waals surface area contributed by atoms with Crippen LogP contribution in [0.15, 0.2) is 30.3 Å². The zero-order valence-electron chi connectivity index (χ0n) is 12.6. The molecule has 0 N–H and O–H groups in total. The molecule has 0 saturated carbocycles. The fourth-order valence-corrected chi connectivity index (χ4v) is 1.76. The van der Waals surface area contributed by atoms with Crippen molar-refractivity contribution in [2.75, 3.05) is 0 Å². The van der Waals surface area contributed by atoms with Crippen molar-refractivity contribution in [2.24, 2.45) is 0 Å². The molecule has 0 amide bonds. The maximum absolute atomic E-state index is 13.8. The zero-order valence-corrected chi connectivity index (χ0v) is 12.6. The molecule has 0 aromatic heterocycles. The van der Waals surface area contributed by atoms with Crippen molar-refractivity contribution in [1.29, 1.82) is 0 Å². The lowest BCUT2D eigenvalue weighted by molar-refractivity contribution is -0.189. The van der Waals surface area contributed by atoms with E-state index < -0.39 is 40.7 Å². The van der Waals surface area contributed by atoms with E-state index in [0.717, 1.165) is 0 Å². The number of hydrogen-bond acceptors (Lipinski definition) is 1. The Morgan fingerprint density at radius 1 is 0.783 bits per heavy atom. The van der Waals surface area contributed by atoms with Gasteiger partial charge in [-0.15, -0.1) is 0 Å². The summed E-state index contributed by atoms with van der Waals surface area (Å²) in [7, 11) is 0. The van der Waals surface area contributed by atoms with Crippen LogP contribution in [-0.2, 0) is 6.11 Å². The van der Waals surface area contributed by atoms with Crippen LogP contribution in [0.3, 0.4) is 0 Å². The molecule has 0 aliphatic heterocycles. The molecule has 0 atom stereocenters. The lowest BCUT2D eigenvalue weighted by Gasteiger charge is -2.19. The number of rotatable bonds is 3. The Morgan fingerprint density at radius 2 is 1.22 bits per heavy atom. The third kappa shape index (κ3) is 4.64. The van der Waals surface area contributed by atoms with Gasteiger partial charge in [-0.1, -0.05) is 13.8 Å². The van der Waals surface area contributed by atoms with Crippen molar-refractivity contribution < 1.29 is 31.1 Å². The van der Waals surface area contributed by atoms with Gasteiger partial charge in [0, 0.05) is 18.2 Å². The lowest BCUT2D eigenvalue weighted by Crippen LogP contribution is -2.25. The Balaban J connectivity index is 0.00000127. The van der Waals surface area contributed by atoms with Crippen LogP contribution in [0, 0.1) is 30.2 Å². The van der Waals surface area contributed by atoms with Crippen LogP contribution >= 0.6 is 0 Å². The number of hydrogen-bond donors (Lipinski definition) is 0. The zero-order chi connectivity index (χ0) is 17.8. The van der Waals surface area contributed by atoms with Gasteiger partial charge in [0.1, 0.15) is 34.6 Å². The Labute approximate surface area is 129 Å². The molecule has 0 saturated heterocycles. The summed E-state index contributed by atoms with van der Waals surface area (Å²) < 4.78 is 84.5. The number of alkyl halides is 2. The van der Waals surface area contributed by atoms with Gasteiger partial charge >= 0.3 is 6.11 Å². The summed E-state index contributed by atoms with van der Waals surface area (Å²) in [6.45, 7) is 5.32. The van der Waals surface area contributed by atoms with Crippen molar-refractivity contribution in [3.8, 4) is 5.75 Å². The number of halogens is 6. The second-order valence-corrected chi connectivity index (χ2v) is 4.33. The normalized spacial score (nSPS) is 10.8. The molecule has 2 rings (SSSR count). The molecule has 2 aromatic carbocycles. The van der Waals surface area contributed by atoms with Gasteiger partial charge in [0.05, 0.1) is 0 Å². The molecule has 7 heteroatoms. The largest absolute Gasteiger partial charge is 0.432 e. The van der Waals surface area contributed by atoms with Gasteiger partial charge < -0.3 is 4.74 Å². The van der Waals surface area contributed by atoms with Crippen molar-refractivity contribution >= 4 is 0 Å². The number of aryl methyl sites for hydroxylation is 1. The number of ether oxygens (including phenoxy) is 1. The molecule has 23 heavy (non-hydrogen) atoms. The smallest absolute Gasteiger partial charge is 0.429 e. The Kier molecular flexibility index (Phi) is 6.06. The van der Waals surface area contributed by atoms with Crippen LogP contribution in [0.2, 0.25) is 0 Å². The minimum Gasteiger partial charge on any atom is -0.429 e. The van der Waals surface area contributed by atoms with E-state index in [0.29, 0.717) is 30.3 Å². The first-order chi connectivity index (χ1) is 10.7. The molecule has 1 nitrogen and oxygen atoms in total. The summed E-state index contributed by atoms with van der Waals surface area (Å²) in [4.78, 5) is 0. The van der Waals surface area contributed by atoms with E-state index in [1.54, 1.807) is 0 Å². The first-order valence-corrected chi connectivity index (χ1v) is 6.68. The predicted molar refractivity (Wildman–Crippen MR) is 73.3 cm³/mol. The average Bonchev–Trinajstić information content (AvgIpc) is 2.37. The molecule has 0 fully saturated rings. The van der Waals surface area contributed by atoms with Gasteiger partial charge in [0.2, 0.25) is 0 Å².